The first-order valence-corrected chi connectivity index (χ1v) is 7.32. The lowest BCUT2D eigenvalue weighted by Crippen LogP contribution is -2.42. The number of rotatable bonds is 6. The van der Waals surface area contributed by atoms with Gasteiger partial charge in [0.25, 0.3) is 0 Å². The highest BCUT2D eigenvalue weighted by Crippen LogP contribution is 2.37. The fourth-order valence-corrected chi connectivity index (χ4v) is 2.60. The molecule has 0 saturated heterocycles. The molecule has 1 aromatic rings. The Morgan fingerprint density at radius 2 is 1.95 bits per heavy atom. The molecule has 1 aliphatic rings. The molecule has 0 bridgehead atoms. The maximum Gasteiger partial charge on any atom is 0.161 e. The van der Waals surface area contributed by atoms with Gasteiger partial charge >= 0.3 is 0 Å². The molecule has 0 aliphatic carbocycles. The van der Waals surface area contributed by atoms with Crippen LogP contribution < -0.4 is 14.8 Å². The van der Waals surface area contributed by atoms with E-state index >= 15 is 0 Å². The molecule has 0 aromatic heterocycles. The van der Waals surface area contributed by atoms with E-state index in [1.54, 1.807) is 7.11 Å². The van der Waals surface area contributed by atoms with Crippen molar-refractivity contribution in [1.29, 1.82) is 0 Å². The van der Waals surface area contributed by atoms with E-state index in [0.29, 0.717) is 13.2 Å². The summed E-state index contributed by atoms with van der Waals surface area (Å²) in [5, 5.41) is 3.53. The summed E-state index contributed by atoms with van der Waals surface area (Å²) in [6, 6.07) is 6.26. The molecule has 4 nitrogen and oxygen atoms in total. The molecule has 1 aromatic carbocycles. The SMILES string of the molecule is CCNC(c1ccc2c(c1)OCCO2)C(C)(CC)OC. The molecule has 0 radical (unpaired) electrons. The first-order chi connectivity index (χ1) is 9.64. The van der Waals surface area contributed by atoms with Gasteiger partial charge in [0.2, 0.25) is 0 Å². The van der Waals surface area contributed by atoms with Gasteiger partial charge in [-0.15, -0.1) is 0 Å². The van der Waals surface area contributed by atoms with Crippen molar-refractivity contribution in [2.45, 2.75) is 38.8 Å². The summed E-state index contributed by atoms with van der Waals surface area (Å²) in [7, 11) is 1.77. The van der Waals surface area contributed by atoms with Gasteiger partial charge in [0, 0.05) is 7.11 Å². The van der Waals surface area contributed by atoms with Crippen molar-refractivity contribution in [3.8, 4) is 11.5 Å². The highest BCUT2D eigenvalue weighted by atomic mass is 16.6. The van der Waals surface area contributed by atoms with Gasteiger partial charge in [-0.3, -0.25) is 0 Å². The lowest BCUT2D eigenvalue weighted by atomic mass is 9.87. The van der Waals surface area contributed by atoms with E-state index in [9.17, 15) is 0 Å². The fraction of sp³-hybridized carbons (Fsp3) is 0.625. The van der Waals surface area contributed by atoms with Gasteiger partial charge in [0.1, 0.15) is 13.2 Å². The number of hydrogen-bond acceptors (Lipinski definition) is 4. The maximum absolute atomic E-state index is 5.77. The van der Waals surface area contributed by atoms with Gasteiger partial charge in [-0.1, -0.05) is 19.9 Å². The van der Waals surface area contributed by atoms with Crippen LogP contribution in [-0.2, 0) is 4.74 Å². The lowest BCUT2D eigenvalue weighted by Gasteiger charge is -2.37. The van der Waals surface area contributed by atoms with E-state index in [4.69, 9.17) is 14.2 Å². The minimum absolute atomic E-state index is 0.123. The van der Waals surface area contributed by atoms with Crippen molar-refractivity contribution in [3.63, 3.8) is 0 Å². The highest BCUT2D eigenvalue weighted by molar-refractivity contribution is 5.45. The van der Waals surface area contributed by atoms with Crippen LogP contribution in [0, 0.1) is 0 Å². The molecule has 2 unspecified atom stereocenters. The molecule has 0 amide bonds. The van der Waals surface area contributed by atoms with Crippen LogP contribution in [0.2, 0.25) is 0 Å². The first-order valence-electron chi connectivity index (χ1n) is 7.32. The molecular weight excluding hydrogens is 254 g/mol. The van der Waals surface area contributed by atoms with E-state index in [2.05, 4.69) is 38.2 Å². The van der Waals surface area contributed by atoms with Gasteiger partial charge in [-0.25, -0.2) is 0 Å². The molecule has 0 saturated carbocycles. The van der Waals surface area contributed by atoms with Crippen LogP contribution in [0.1, 0.15) is 38.8 Å². The number of benzene rings is 1. The molecular formula is C16H25NO3. The summed E-state index contributed by atoms with van der Waals surface area (Å²) >= 11 is 0. The molecule has 0 fully saturated rings. The zero-order chi connectivity index (χ0) is 14.6. The zero-order valence-electron chi connectivity index (χ0n) is 12.9. The molecule has 2 atom stereocenters. The Labute approximate surface area is 121 Å². The van der Waals surface area contributed by atoms with Crippen LogP contribution >= 0.6 is 0 Å². The topological polar surface area (TPSA) is 39.7 Å². The average molecular weight is 279 g/mol. The highest BCUT2D eigenvalue weighted by Gasteiger charge is 2.34. The summed E-state index contributed by atoms with van der Waals surface area (Å²) in [5.41, 5.74) is 0.919. The Kier molecular flexibility index (Phi) is 4.89. The van der Waals surface area contributed by atoms with Crippen molar-refractivity contribution in [2.75, 3.05) is 26.9 Å². The lowest BCUT2D eigenvalue weighted by molar-refractivity contribution is -0.0296. The van der Waals surface area contributed by atoms with Gasteiger partial charge in [0.05, 0.1) is 11.6 Å². The third-order valence-electron chi connectivity index (χ3n) is 4.09. The molecule has 112 valence electrons. The second kappa shape index (κ2) is 6.46. The van der Waals surface area contributed by atoms with E-state index in [1.807, 2.05) is 6.07 Å². The van der Waals surface area contributed by atoms with Crippen LogP contribution in [0.3, 0.4) is 0 Å². The van der Waals surface area contributed by atoms with Crippen LogP contribution in [0.15, 0.2) is 18.2 Å². The van der Waals surface area contributed by atoms with Crippen molar-refractivity contribution in [3.05, 3.63) is 23.8 Å². The van der Waals surface area contributed by atoms with E-state index in [-0.39, 0.29) is 11.6 Å². The fourth-order valence-electron chi connectivity index (χ4n) is 2.60. The normalized spacial score (nSPS) is 18.4. The molecule has 1 aliphatic heterocycles. The first kappa shape index (κ1) is 15.1. The average Bonchev–Trinajstić information content (AvgIpc) is 2.51. The van der Waals surface area contributed by atoms with E-state index in [0.717, 1.165) is 24.5 Å². The molecule has 0 spiro atoms. The number of fused-ring (bicyclic) bond motifs is 1. The third kappa shape index (κ3) is 2.91. The second-order valence-corrected chi connectivity index (χ2v) is 5.26. The van der Waals surface area contributed by atoms with Crippen molar-refractivity contribution in [1.82, 2.24) is 5.32 Å². The number of hydrogen-bond donors (Lipinski definition) is 1. The summed E-state index contributed by atoms with van der Waals surface area (Å²) in [6.07, 6.45) is 0.926. The second-order valence-electron chi connectivity index (χ2n) is 5.26. The third-order valence-corrected chi connectivity index (χ3v) is 4.09. The van der Waals surface area contributed by atoms with Gasteiger partial charge in [0.15, 0.2) is 11.5 Å². The Bertz CT molecular complexity index is 443. The van der Waals surface area contributed by atoms with Gasteiger partial charge < -0.3 is 19.5 Å². The number of nitrogens with one attached hydrogen (secondary N) is 1. The predicted octanol–water partition coefficient (Wildman–Crippen LogP) is 2.92. The van der Waals surface area contributed by atoms with Gasteiger partial charge in [-0.05, 0) is 37.6 Å². The minimum Gasteiger partial charge on any atom is -0.486 e. The smallest absolute Gasteiger partial charge is 0.161 e. The number of ether oxygens (including phenoxy) is 3. The zero-order valence-corrected chi connectivity index (χ0v) is 12.9. The van der Waals surface area contributed by atoms with E-state index < -0.39 is 0 Å². The van der Waals surface area contributed by atoms with Crippen LogP contribution in [0.5, 0.6) is 11.5 Å². The Balaban J connectivity index is 2.34. The predicted molar refractivity (Wildman–Crippen MR) is 79.6 cm³/mol. The summed E-state index contributed by atoms with van der Waals surface area (Å²) in [4.78, 5) is 0. The van der Waals surface area contributed by atoms with Crippen LogP contribution in [0.25, 0.3) is 0 Å². The standard InChI is InChI=1S/C16H25NO3/c1-5-16(3,18-4)15(17-6-2)12-7-8-13-14(11-12)20-10-9-19-13/h7-8,11,15,17H,5-6,9-10H2,1-4H3. The Morgan fingerprint density at radius 1 is 1.25 bits per heavy atom. The number of likely N-dealkylation sites (N-methyl/N-ethyl adjacent to an activating group) is 1. The van der Waals surface area contributed by atoms with Gasteiger partial charge in [-0.2, -0.15) is 0 Å². The monoisotopic (exact) mass is 279 g/mol. The van der Waals surface area contributed by atoms with E-state index in [1.165, 1.54) is 5.56 Å². The summed E-state index contributed by atoms with van der Waals surface area (Å²) < 4.78 is 17.0. The maximum atomic E-state index is 5.77. The summed E-state index contributed by atoms with van der Waals surface area (Å²) in [6.45, 7) is 8.50. The quantitative estimate of drug-likeness (QED) is 0.869. The van der Waals surface area contributed by atoms with Crippen molar-refractivity contribution < 1.29 is 14.2 Å². The minimum atomic E-state index is -0.250. The molecule has 20 heavy (non-hydrogen) atoms. The Morgan fingerprint density at radius 3 is 2.55 bits per heavy atom. The molecule has 1 N–H and O–H groups in total. The van der Waals surface area contributed by atoms with Crippen molar-refractivity contribution in [2.24, 2.45) is 0 Å². The number of methoxy groups -OCH3 is 1. The largest absolute Gasteiger partial charge is 0.486 e. The van der Waals surface area contributed by atoms with Crippen molar-refractivity contribution >= 4 is 0 Å². The molecule has 2 rings (SSSR count). The molecule has 4 heteroatoms. The Hall–Kier alpha value is -1.26. The van der Waals surface area contributed by atoms with Crippen LogP contribution in [0.4, 0.5) is 0 Å². The summed E-state index contributed by atoms with van der Waals surface area (Å²) in [5.74, 6) is 1.65. The van der Waals surface area contributed by atoms with Crippen LogP contribution in [-0.4, -0.2) is 32.5 Å². The molecule has 1 heterocycles.